The Morgan fingerprint density at radius 1 is 1.13 bits per heavy atom. The quantitative estimate of drug-likeness (QED) is 0.782. The van der Waals surface area contributed by atoms with Crippen LogP contribution in [0, 0.1) is 18.3 Å². The van der Waals surface area contributed by atoms with Crippen molar-refractivity contribution < 1.29 is 8.42 Å². The molecular formula is C17H18N2O2S2. The fourth-order valence-electron chi connectivity index (χ4n) is 1.99. The summed E-state index contributed by atoms with van der Waals surface area (Å²) in [5.41, 5.74) is 2.60. The molecule has 0 amide bonds. The average Bonchev–Trinajstić information content (AvgIpc) is 2.56. The number of rotatable bonds is 7. The van der Waals surface area contributed by atoms with Crippen LogP contribution in [0.15, 0.2) is 53.4 Å². The maximum Gasteiger partial charge on any atom is 0.241 e. The molecule has 2 rings (SSSR count). The highest BCUT2D eigenvalue weighted by Gasteiger charge is 2.17. The molecule has 2 aromatic carbocycles. The topological polar surface area (TPSA) is 70.0 Å². The largest absolute Gasteiger partial charge is 0.241 e. The molecule has 4 nitrogen and oxygen atoms in total. The maximum atomic E-state index is 12.2. The fraction of sp³-hybridized carbons (Fsp3) is 0.235. The number of nitrogens with zero attached hydrogens (tertiary/aromatic N) is 1. The van der Waals surface area contributed by atoms with Crippen molar-refractivity contribution in [1.82, 2.24) is 4.72 Å². The summed E-state index contributed by atoms with van der Waals surface area (Å²) in [5, 5.41) is 8.99. The van der Waals surface area contributed by atoms with Crippen LogP contribution in [0.5, 0.6) is 0 Å². The molecule has 0 atom stereocenters. The highest BCUT2D eigenvalue weighted by atomic mass is 32.2. The lowest BCUT2D eigenvalue weighted by Crippen LogP contribution is -2.26. The first-order valence-electron chi connectivity index (χ1n) is 7.15. The summed E-state index contributed by atoms with van der Waals surface area (Å²) in [4.78, 5) is 0.0334. The second-order valence-electron chi connectivity index (χ2n) is 5.04. The lowest BCUT2D eigenvalue weighted by molar-refractivity contribution is 0.584. The fourth-order valence-corrected chi connectivity index (χ4v) is 4.13. The summed E-state index contributed by atoms with van der Waals surface area (Å²) in [6.45, 7) is 2.38. The van der Waals surface area contributed by atoms with Gasteiger partial charge in [-0.1, -0.05) is 42.0 Å². The van der Waals surface area contributed by atoms with E-state index in [4.69, 9.17) is 5.26 Å². The Bertz CT molecular complexity index is 794. The number of hydrogen-bond donors (Lipinski definition) is 1. The van der Waals surface area contributed by atoms with Crippen LogP contribution in [0.2, 0.25) is 0 Å². The Kier molecular flexibility index (Phi) is 6.22. The Morgan fingerprint density at radius 3 is 2.52 bits per heavy atom. The molecule has 0 unspecified atom stereocenters. The van der Waals surface area contributed by atoms with Gasteiger partial charge >= 0.3 is 0 Å². The van der Waals surface area contributed by atoms with Crippen LogP contribution in [0.1, 0.15) is 16.7 Å². The summed E-state index contributed by atoms with van der Waals surface area (Å²) in [6, 6.07) is 16.4. The van der Waals surface area contributed by atoms with E-state index in [0.29, 0.717) is 12.3 Å². The number of aryl methyl sites for hydroxylation is 1. The van der Waals surface area contributed by atoms with Gasteiger partial charge in [-0.3, -0.25) is 0 Å². The molecule has 0 heterocycles. The van der Waals surface area contributed by atoms with Gasteiger partial charge in [0.1, 0.15) is 6.07 Å². The molecule has 0 radical (unpaired) electrons. The molecule has 0 aromatic heterocycles. The number of benzene rings is 2. The molecule has 0 bridgehead atoms. The molecule has 1 N–H and O–H groups in total. The van der Waals surface area contributed by atoms with Crippen LogP contribution < -0.4 is 4.72 Å². The van der Waals surface area contributed by atoms with Gasteiger partial charge in [-0.05, 0) is 24.6 Å². The predicted molar refractivity (Wildman–Crippen MR) is 93.7 cm³/mol. The Morgan fingerprint density at radius 2 is 1.83 bits per heavy atom. The third-order valence-electron chi connectivity index (χ3n) is 3.22. The average molecular weight is 346 g/mol. The first-order valence-corrected chi connectivity index (χ1v) is 9.79. The summed E-state index contributed by atoms with van der Waals surface area (Å²) >= 11 is 1.67. The molecule has 120 valence electrons. The van der Waals surface area contributed by atoms with Crippen LogP contribution in [-0.2, 0) is 15.8 Å². The van der Waals surface area contributed by atoms with E-state index in [1.54, 1.807) is 23.9 Å². The molecule has 23 heavy (non-hydrogen) atoms. The van der Waals surface area contributed by atoms with Gasteiger partial charge in [0.25, 0.3) is 0 Å². The third-order valence-corrected chi connectivity index (χ3v) is 5.77. The molecule has 0 aliphatic heterocycles. The van der Waals surface area contributed by atoms with Crippen molar-refractivity contribution in [2.24, 2.45) is 0 Å². The Hall–Kier alpha value is -1.81. The highest BCUT2D eigenvalue weighted by molar-refractivity contribution is 7.98. The zero-order valence-corrected chi connectivity index (χ0v) is 14.5. The third kappa shape index (κ3) is 5.10. The van der Waals surface area contributed by atoms with E-state index in [0.717, 1.165) is 5.75 Å². The highest BCUT2D eigenvalue weighted by Crippen LogP contribution is 2.15. The normalized spacial score (nSPS) is 11.1. The lowest BCUT2D eigenvalue weighted by atomic mass is 10.2. The number of thioether (sulfide) groups is 1. The van der Waals surface area contributed by atoms with Crippen molar-refractivity contribution in [3.8, 4) is 6.07 Å². The zero-order chi connectivity index (χ0) is 16.7. The van der Waals surface area contributed by atoms with Crippen molar-refractivity contribution >= 4 is 21.8 Å². The van der Waals surface area contributed by atoms with Gasteiger partial charge in [-0.15, -0.1) is 0 Å². The Balaban J connectivity index is 1.83. The molecule has 6 heteroatoms. The van der Waals surface area contributed by atoms with Gasteiger partial charge < -0.3 is 0 Å². The summed E-state index contributed by atoms with van der Waals surface area (Å²) < 4.78 is 27.0. The SMILES string of the molecule is Cc1ccc(CSCCNS(=O)(=O)c2ccccc2C#N)cc1. The van der Waals surface area contributed by atoms with E-state index in [2.05, 4.69) is 29.0 Å². The van der Waals surface area contributed by atoms with Crippen molar-refractivity contribution in [2.75, 3.05) is 12.3 Å². The molecule has 0 saturated carbocycles. The summed E-state index contributed by atoms with van der Waals surface area (Å²) in [5.74, 6) is 1.51. The van der Waals surface area contributed by atoms with Crippen LogP contribution >= 0.6 is 11.8 Å². The standard InChI is InChI=1S/C17H18N2O2S2/c1-14-6-8-15(9-7-14)13-22-11-10-19-23(20,21)17-5-3-2-4-16(17)12-18/h2-9,19H,10-11,13H2,1H3. The van der Waals surface area contributed by atoms with Gasteiger partial charge in [0.15, 0.2) is 0 Å². The second-order valence-corrected chi connectivity index (χ2v) is 7.88. The monoisotopic (exact) mass is 346 g/mol. The van der Waals surface area contributed by atoms with Gasteiger partial charge in [-0.25, -0.2) is 13.1 Å². The van der Waals surface area contributed by atoms with Crippen molar-refractivity contribution in [3.63, 3.8) is 0 Å². The first-order chi connectivity index (χ1) is 11.0. The minimum Gasteiger partial charge on any atom is -0.210 e. The summed E-state index contributed by atoms with van der Waals surface area (Å²) in [6.07, 6.45) is 0. The summed E-state index contributed by atoms with van der Waals surface area (Å²) in [7, 11) is -3.64. The predicted octanol–water partition coefficient (Wildman–Crippen LogP) is 3.08. The minimum absolute atomic E-state index is 0.0334. The van der Waals surface area contributed by atoms with Crippen LogP contribution in [0.25, 0.3) is 0 Å². The van der Waals surface area contributed by atoms with E-state index in [1.807, 2.05) is 13.0 Å². The van der Waals surface area contributed by atoms with E-state index in [1.165, 1.54) is 23.3 Å². The molecule has 0 aliphatic carbocycles. The molecular weight excluding hydrogens is 328 g/mol. The van der Waals surface area contributed by atoms with Gasteiger partial charge in [0.05, 0.1) is 10.5 Å². The molecule has 0 aliphatic rings. The number of nitrogens with one attached hydrogen (secondary N) is 1. The van der Waals surface area contributed by atoms with Crippen molar-refractivity contribution in [1.29, 1.82) is 5.26 Å². The van der Waals surface area contributed by atoms with Gasteiger partial charge in [-0.2, -0.15) is 17.0 Å². The number of hydrogen-bond acceptors (Lipinski definition) is 4. The first kappa shape index (κ1) is 17.5. The smallest absolute Gasteiger partial charge is 0.210 e. The maximum absolute atomic E-state index is 12.2. The second kappa shape index (κ2) is 8.16. The Labute approximate surface area is 141 Å². The molecule has 0 saturated heterocycles. The van der Waals surface area contributed by atoms with E-state index in [-0.39, 0.29) is 10.5 Å². The zero-order valence-electron chi connectivity index (χ0n) is 12.8. The number of sulfonamides is 1. The molecule has 0 fully saturated rings. The number of nitriles is 1. The van der Waals surface area contributed by atoms with E-state index < -0.39 is 10.0 Å². The van der Waals surface area contributed by atoms with Crippen molar-refractivity contribution in [3.05, 3.63) is 65.2 Å². The molecule has 2 aromatic rings. The van der Waals surface area contributed by atoms with Crippen LogP contribution in [0.3, 0.4) is 0 Å². The van der Waals surface area contributed by atoms with Crippen LogP contribution in [0.4, 0.5) is 0 Å². The van der Waals surface area contributed by atoms with Gasteiger partial charge in [0, 0.05) is 18.1 Å². The van der Waals surface area contributed by atoms with Crippen molar-refractivity contribution in [2.45, 2.75) is 17.6 Å². The molecule has 0 spiro atoms. The minimum atomic E-state index is -3.64. The van der Waals surface area contributed by atoms with E-state index in [9.17, 15) is 8.42 Å². The van der Waals surface area contributed by atoms with E-state index >= 15 is 0 Å². The van der Waals surface area contributed by atoms with Crippen LogP contribution in [-0.4, -0.2) is 20.7 Å². The van der Waals surface area contributed by atoms with Gasteiger partial charge in [0.2, 0.25) is 10.0 Å². The lowest BCUT2D eigenvalue weighted by Gasteiger charge is -2.08.